The standard InChI is InChI=1S/C9H14N2O3.C5H8N2O2/c1-4-13-7(3)11-8(6-10)9(12)14-5-2;1-2-9-5(8)4(7)3-6/h8H,4-5H2,1-3H3;4H,2,7H2,1H3. The Morgan fingerprint density at radius 1 is 1.00 bits per heavy atom. The van der Waals surface area contributed by atoms with Gasteiger partial charge in [-0.25, -0.2) is 14.6 Å². The molecule has 2 atom stereocenters. The Balaban J connectivity index is 0. The fourth-order valence-corrected chi connectivity index (χ4v) is 1.07. The van der Waals surface area contributed by atoms with E-state index in [1.54, 1.807) is 39.8 Å². The number of rotatable bonds is 6. The molecule has 0 saturated heterocycles. The van der Waals surface area contributed by atoms with Crippen molar-refractivity contribution in [1.82, 2.24) is 0 Å². The van der Waals surface area contributed by atoms with Gasteiger partial charge in [0.05, 0.1) is 25.9 Å². The van der Waals surface area contributed by atoms with Crippen LogP contribution in [0.1, 0.15) is 27.7 Å². The number of nitrogens with zero attached hydrogens (tertiary/aromatic N) is 3. The summed E-state index contributed by atoms with van der Waals surface area (Å²) < 4.78 is 14.1. The molecule has 2 unspecified atom stereocenters. The number of aliphatic imine (C=N–C) groups is 1. The van der Waals surface area contributed by atoms with E-state index in [0.29, 0.717) is 12.5 Å². The monoisotopic (exact) mass is 326 g/mol. The van der Waals surface area contributed by atoms with Crippen LogP contribution in [0.15, 0.2) is 4.99 Å². The van der Waals surface area contributed by atoms with Gasteiger partial charge in [-0.15, -0.1) is 0 Å². The van der Waals surface area contributed by atoms with Crippen molar-refractivity contribution in [1.29, 1.82) is 10.5 Å². The van der Waals surface area contributed by atoms with Crippen molar-refractivity contribution >= 4 is 17.8 Å². The molecule has 0 aliphatic carbocycles. The average Bonchev–Trinajstić information content (AvgIpc) is 2.53. The lowest BCUT2D eigenvalue weighted by Gasteiger charge is -2.05. The third-order valence-electron chi connectivity index (χ3n) is 1.98. The molecule has 0 spiro atoms. The molecule has 9 heteroatoms. The summed E-state index contributed by atoms with van der Waals surface area (Å²) in [7, 11) is 0. The molecule has 128 valence electrons. The maximum Gasteiger partial charge on any atom is 0.345 e. The normalized spacial score (nSPS) is 12.4. The topological polar surface area (TPSA) is 148 Å². The highest BCUT2D eigenvalue weighted by Crippen LogP contribution is 1.96. The first-order valence-electron chi connectivity index (χ1n) is 6.93. The van der Waals surface area contributed by atoms with E-state index in [0.717, 1.165) is 0 Å². The van der Waals surface area contributed by atoms with Crippen LogP contribution in [0.4, 0.5) is 0 Å². The van der Waals surface area contributed by atoms with Gasteiger partial charge in [0.15, 0.2) is 11.9 Å². The van der Waals surface area contributed by atoms with E-state index in [1.165, 1.54) is 0 Å². The summed E-state index contributed by atoms with van der Waals surface area (Å²) in [6, 6.07) is 1.03. The highest BCUT2D eigenvalue weighted by atomic mass is 16.5. The van der Waals surface area contributed by atoms with E-state index < -0.39 is 24.0 Å². The third-order valence-corrected chi connectivity index (χ3v) is 1.98. The first-order valence-corrected chi connectivity index (χ1v) is 6.93. The van der Waals surface area contributed by atoms with E-state index in [-0.39, 0.29) is 13.2 Å². The highest BCUT2D eigenvalue weighted by Gasteiger charge is 2.18. The second kappa shape index (κ2) is 14.3. The Kier molecular flexibility index (Phi) is 14.1. The van der Waals surface area contributed by atoms with Crippen LogP contribution in [0.2, 0.25) is 0 Å². The summed E-state index contributed by atoms with van der Waals surface area (Å²) in [5.74, 6) is -0.999. The largest absolute Gasteiger partial charge is 0.481 e. The molecule has 0 aromatic carbocycles. The smallest absolute Gasteiger partial charge is 0.345 e. The second-order valence-electron chi connectivity index (χ2n) is 3.72. The summed E-state index contributed by atoms with van der Waals surface area (Å²) in [4.78, 5) is 25.3. The van der Waals surface area contributed by atoms with Gasteiger partial charge in [-0.3, -0.25) is 0 Å². The molecule has 0 aliphatic heterocycles. The summed E-state index contributed by atoms with van der Waals surface area (Å²) >= 11 is 0. The number of nitrogens with two attached hydrogens (primary N) is 1. The lowest BCUT2D eigenvalue weighted by atomic mass is 10.3. The fraction of sp³-hybridized carbons (Fsp3) is 0.643. The second-order valence-corrected chi connectivity index (χ2v) is 3.72. The maximum atomic E-state index is 11.1. The molecule has 0 saturated carbocycles. The summed E-state index contributed by atoms with van der Waals surface area (Å²) in [5.41, 5.74) is 4.97. The zero-order valence-electron chi connectivity index (χ0n) is 13.7. The van der Waals surface area contributed by atoms with Crippen molar-refractivity contribution in [3.8, 4) is 12.1 Å². The minimum absolute atomic E-state index is 0.236. The van der Waals surface area contributed by atoms with E-state index in [9.17, 15) is 9.59 Å². The molecular weight excluding hydrogens is 304 g/mol. The Hall–Kier alpha value is -2.65. The quantitative estimate of drug-likeness (QED) is 0.416. The van der Waals surface area contributed by atoms with Gasteiger partial charge in [-0.2, -0.15) is 10.5 Å². The molecular formula is C14H22N4O5. The molecule has 0 heterocycles. The number of carbonyl (C=O) groups is 2. The van der Waals surface area contributed by atoms with Crippen molar-refractivity contribution in [2.45, 2.75) is 39.8 Å². The lowest BCUT2D eigenvalue weighted by Crippen LogP contribution is -2.30. The van der Waals surface area contributed by atoms with E-state index in [1.807, 2.05) is 0 Å². The van der Waals surface area contributed by atoms with Crippen molar-refractivity contribution in [2.24, 2.45) is 10.7 Å². The van der Waals surface area contributed by atoms with E-state index in [4.69, 9.17) is 21.0 Å². The number of nitriles is 2. The van der Waals surface area contributed by atoms with Crippen LogP contribution in [-0.2, 0) is 23.8 Å². The van der Waals surface area contributed by atoms with Crippen molar-refractivity contribution in [3.63, 3.8) is 0 Å². The summed E-state index contributed by atoms with van der Waals surface area (Å²) in [6.45, 7) is 7.66. The number of hydrogen-bond donors (Lipinski definition) is 1. The zero-order chi connectivity index (χ0) is 18.3. The van der Waals surface area contributed by atoms with Crippen LogP contribution in [0.3, 0.4) is 0 Å². The molecule has 0 aliphatic rings. The summed E-state index contributed by atoms with van der Waals surface area (Å²) in [6.07, 6.45) is 0. The van der Waals surface area contributed by atoms with E-state index >= 15 is 0 Å². The van der Waals surface area contributed by atoms with Gasteiger partial charge in [0.2, 0.25) is 6.04 Å². The van der Waals surface area contributed by atoms with Gasteiger partial charge in [0.1, 0.15) is 6.07 Å². The van der Waals surface area contributed by atoms with Gasteiger partial charge in [-0.1, -0.05) is 0 Å². The molecule has 0 bridgehead atoms. The van der Waals surface area contributed by atoms with Crippen LogP contribution >= 0.6 is 0 Å². The molecule has 0 radical (unpaired) electrons. The first-order chi connectivity index (χ1) is 10.9. The molecule has 9 nitrogen and oxygen atoms in total. The number of hydrogen-bond acceptors (Lipinski definition) is 9. The van der Waals surface area contributed by atoms with Gasteiger partial charge in [0, 0.05) is 6.92 Å². The average molecular weight is 326 g/mol. The fourth-order valence-electron chi connectivity index (χ4n) is 1.07. The van der Waals surface area contributed by atoms with Gasteiger partial charge in [0.25, 0.3) is 0 Å². The molecule has 0 rings (SSSR count). The number of carbonyl (C=O) groups excluding carboxylic acids is 2. The molecule has 2 N–H and O–H groups in total. The van der Waals surface area contributed by atoms with Crippen LogP contribution in [0.5, 0.6) is 0 Å². The third kappa shape index (κ3) is 11.7. The van der Waals surface area contributed by atoms with Gasteiger partial charge < -0.3 is 19.9 Å². The van der Waals surface area contributed by atoms with Gasteiger partial charge >= 0.3 is 11.9 Å². The SMILES string of the molecule is CCOC(=O)C(C#N)N=C(C)OCC.CCOC(=O)C(N)C#N. The molecule has 0 amide bonds. The van der Waals surface area contributed by atoms with Crippen molar-refractivity contribution in [3.05, 3.63) is 0 Å². The minimum atomic E-state index is -1.13. The number of esters is 2. The Bertz CT molecular complexity index is 479. The Morgan fingerprint density at radius 3 is 1.87 bits per heavy atom. The lowest BCUT2D eigenvalue weighted by molar-refractivity contribution is -0.144. The van der Waals surface area contributed by atoms with Crippen molar-refractivity contribution in [2.75, 3.05) is 19.8 Å². The minimum Gasteiger partial charge on any atom is -0.481 e. The Morgan fingerprint density at radius 2 is 1.48 bits per heavy atom. The molecule has 23 heavy (non-hydrogen) atoms. The predicted octanol–water partition coefficient (Wildman–Crippen LogP) is 0.297. The van der Waals surface area contributed by atoms with Crippen LogP contribution in [0.25, 0.3) is 0 Å². The predicted molar refractivity (Wildman–Crippen MR) is 81.0 cm³/mol. The number of ether oxygens (including phenoxy) is 3. The Labute approximate surface area is 135 Å². The first kappa shape index (κ1) is 22.6. The molecule has 0 fully saturated rings. The van der Waals surface area contributed by atoms with Crippen LogP contribution in [-0.4, -0.2) is 49.7 Å². The highest BCUT2D eigenvalue weighted by molar-refractivity contribution is 5.83. The van der Waals surface area contributed by atoms with Crippen molar-refractivity contribution < 1.29 is 23.8 Å². The molecule has 0 aromatic rings. The summed E-state index contributed by atoms with van der Waals surface area (Å²) in [5, 5.41) is 16.7. The van der Waals surface area contributed by atoms with Crippen LogP contribution in [0, 0.1) is 22.7 Å². The van der Waals surface area contributed by atoms with E-state index in [2.05, 4.69) is 14.5 Å². The zero-order valence-corrected chi connectivity index (χ0v) is 13.7. The maximum absolute atomic E-state index is 11.1. The van der Waals surface area contributed by atoms with Crippen LogP contribution < -0.4 is 5.73 Å². The van der Waals surface area contributed by atoms with Gasteiger partial charge in [-0.05, 0) is 20.8 Å². The molecule has 0 aromatic heterocycles.